The summed E-state index contributed by atoms with van der Waals surface area (Å²) in [6, 6.07) is 22.8. The minimum atomic E-state index is -1.38. The first-order chi connectivity index (χ1) is 12.1. The molecule has 0 radical (unpaired) electrons. The third-order valence-electron chi connectivity index (χ3n) is 5.21. The maximum Gasteiger partial charge on any atom is 0.0991 e. The fourth-order valence-electron chi connectivity index (χ4n) is 3.61. The smallest absolute Gasteiger partial charge is 0.0620 e. The van der Waals surface area contributed by atoms with E-state index in [4.69, 9.17) is 0 Å². The second-order valence-electron chi connectivity index (χ2n) is 10.1. The third-order valence-corrected chi connectivity index (χ3v) is 9.85. The fraction of sp³-hybridized carbons (Fsp3) is 0.520. The van der Waals surface area contributed by atoms with Crippen molar-refractivity contribution in [2.75, 3.05) is 12.3 Å². The Labute approximate surface area is 162 Å². The molecule has 142 valence electrons. The number of hydrogen-bond acceptors (Lipinski definition) is 0. The maximum atomic E-state index is 2.39. The van der Waals surface area contributed by atoms with Gasteiger partial charge in [0.2, 0.25) is 0 Å². The van der Waals surface area contributed by atoms with Crippen molar-refractivity contribution in [1.29, 1.82) is 0 Å². The van der Waals surface area contributed by atoms with Crippen molar-refractivity contribution in [3.63, 3.8) is 0 Å². The molecule has 2 aromatic carbocycles. The molecule has 0 saturated heterocycles. The Morgan fingerprint density at radius 2 is 1.00 bits per heavy atom. The predicted octanol–water partition coefficient (Wildman–Crippen LogP) is 6.92. The molecule has 2 aromatic rings. The van der Waals surface area contributed by atoms with E-state index in [1.54, 1.807) is 10.6 Å². The van der Waals surface area contributed by atoms with Crippen LogP contribution in [0.2, 0.25) is 0 Å². The van der Waals surface area contributed by atoms with Gasteiger partial charge in [-0.1, -0.05) is 77.9 Å². The van der Waals surface area contributed by atoms with Gasteiger partial charge in [-0.15, -0.1) is 0 Å². The van der Waals surface area contributed by atoms with Crippen LogP contribution in [-0.4, -0.2) is 12.3 Å². The molecule has 0 aromatic heterocycles. The molecule has 0 atom stereocenters. The Morgan fingerprint density at radius 1 is 0.577 bits per heavy atom. The molecule has 0 fully saturated rings. The molecule has 26 heavy (non-hydrogen) atoms. The molecule has 0 aliphatic rings. The molecule has 0 bridgehead atoms. The Hall–Kier alpha value is -1.13. The molecule has 0 N–H and O–H groups in total. The van der Waals surface area contributed by atoms with E-state index in [1.165, 1.54) is 31.6 Å². The Morgan fingerprint density at radius 3 is 1.38 bits per heavy atom. The van der Waals surface area contributed by atoms with Crippen LogP contribution in [0.4, 0.5) is 0 Å². The molecule has 0 saturated carbocycles. The molecule has 0 heterocycles. The van der Waals surface area contributed by atoms with Gasteiger partial charge >= 0.3 is 0 Å². The maximum absolute atomic E-state index is 2.39. The normalized spacial score (nSPS) is 13.0. The summed E-state index contributed by atoms with van der Waals surface area (Å²) in [5.41, 5.74) is 0.784. The lowest BCUT2D eigenvalue weighted by Crippen LogP contribution is -2.29. The lowest BCUT2D eigenvalue weighted by atomic mass is 9.91. The number of hydrogen-bond donors (Lipinski definition) is 0. The molecule has 0 nitrogen and oxygen atoms in total. The Bertz CT molecular complexity index is 605. The zero-order chi connectivity index (χ0) is 19.3. The van der Waals surface area contributed by atoms with Crippen molar-refractivity contribution >= 4 is 17.9 Å². The standard InChI is InChI=1S/C25H38P/c1-24(2,3)18-13-20-26(21-19-25(4,5)6,22-14-9-7-10-15-22)23-16-11-8-12-17-23/h7-12,14-17H,13,18-21H2,1-6H3/q+1. The average molecular weight is 370 g/mol. The molecule has 2 rings (SSSR count). The monoisotopic (exact) mass is 369 g/mol. The highest BCUT2D eigenvalue weighted by atomic mass is 31.2. The highest BCUT2D eigenvalue weighted by Crippen LogP contribution is 2.58. The second kappa shape index (κ2) is 8.71. The lowest BCUT2D eigenvalue weighted by Gasteiger charge is -2.31. The van der Waals surface area contributed by atoms with E-state index in [1.807, 2.05) is 0 Å². The minimum Gasteiger partial charge on any atom is -0.0620 e. The molecule has 0 aliphatic heterocycles. The van der Waals surface area contributed by atoms with Gasteiger partial charge in [-0.05, 0) is 54.4 Å². The van der Waals surface area contributed by atoms with Gasteiger partial charge in [0.15, 0.2) is 0 Å². The van der Waals surface area contributed by atoms with Crippen LogP contribution in [0.15, 0.2) is 60.7 Å². The summed E-state index contributed by atoms with van der Waals surface area (Å²) in [7, 11) is -1.38. The zero-order valence-corrected chi connectivity index (χ0v) is 18.7. The van der Waals surface area contributed by atoms with E-state index in [-0.39, 0.29) is 0 Å². The Kier molecular flexibility index (Phi) is 7.09. The highest BCUT2D eigenvalue weighted by molar-refractivity contribution is 7.89. The molecule has 0 spiro atoms. The van der Waals surface area contributed by atoms with Crippen LogP contribution in [0, 0.1) is 10.8 Å². The largest absolute Gasteiger partial charge is 0.0991 e. The Balaban J connectivity index is 2.44. The van der Waals surface area contributed by atoms with E-state index in [0.29, 0.717) is 10.8 Å². The van der Waals surface area contributed by atoms with Crippen LogP contribution < -0.4 is 10.6 Å². The van der Waals surface area contributed by atoms with Crippen molar-refractivity contribution in [3.05, 3.63) is 60.7 Å². The van der Waals surface area contributed by atoms with Crippen LogP contribution >= 0.6 is 7.26 Å². The summed E-state index contributed by atoms with van der Waals surface area (Å²) < 4.78 is 0. The minimum absolute atomic E-state index is 0.374. The lowest BCUT2D eigenvalue weighted by molar-refractivity contribution is 0.373. The van der Waals surface area contributed by atoms with Gasteiger partial charge < -0.3 is 0 Å². The molecule has 0 aliphatic carbocycles. The molecule has 0 unspecified atom stereocenters. The van der Waals surface area contributed by atoms with Crippen LogP contribution in [0.5, 0.6) is 0 Å². The summed E-state index contributed by atoms with van der Waals surface area (Å²) in [6.07, 6.45) is 6.53. The molecular weight excluding hydrogens is 331 g/mol. The number of benzene rings is 2. The van der Waals surface area contributed by atoms with Gasteiger partial charge in [-0.2, -0.15) is 0 Å². The van der Waals surface area contributed by atoms with E-state index in [2.05, 4.69) is 102 Å². The van der Waals surface area contributed by atoms with E-state index >= 15 is 0 Å². The summed E-state index contributed by atoms with van der Waals surface area (Å²) in [5.74, 6) is 0. The van der Waals surface area contributed by atoms with Crippen molar-refractivity contribution in [2.24, 2.45) is 10.8 Å². The van der Waals surface area contributed by atoms with Gasteiger partial charge in [0.05, 0.1) is 30.2 Å². The van der Waals surface area contributed by atoms with Crippen molar-refractivity contribution in [2.45, 2.75) is 60.8 Å². The van der Waals surface area contributed by atoms with Crippen molar-refractivity contribution < 1.29 is 0 Å². The van der Waals surface area contributed by atoms with Gasteiger partial charge in [0.1, 0.15) is 0 Å². The first-order valence-corrected chi connectivity index (χ1v) is 12.3. The molecule has 1 heteroatoms. The van der Waals surface area contributed by atoms with Gasteiger partial charge in [-0.3, -0.25) is 0 Å². The summed E-state index contributed by atoms with van der Waals surface area (Å²) in [5, 5.41) is 3.17. The first-order valence-electron chi connectivity index (χ1n) is 10.1. The van der Waals surface area contributed by atoms with E-state index in [9.17, 15) is 0 Å². The highest BCUT2D eigenvalue weighted by Gasteiger charge is 2.42. The second-order valence-corrected chi connectivity index (χ2v) is 13.9. The topological polar surface area (TPSA) is 0 Å². The van der Waals surface area contributed by atoms with E-state index in [0.717, 1.165) is 0 Å². The van der Waals surface area contributed by atoms with Gasteiger partial charge in [-0.25, -0.2) is 0 Å². The molecular formula is C25H38P+. The summed E-state index contributed by atoms with van der Waals surface area (Å²) in [4.78, 5) is 0. The SMILES string of the molecule is CC(C)(C)CCC[P+](CCC(C)(C)C)(c1ccccc1)c1ccccc1. The predicted molar refractivity (Wildman–Crippen MR) is 122 cm³/mol. The third kappa shape index (κ3) is 6.24. The van der Waals surface area contributed by atoms with Gasteiger partial charge in [0, 0.05) is 0 Å². The summed E-state index contributed by atoms with van der Waals surface area (Å²) in [6.45, 7) is 14.3. The van der Waals surface area contributed by atoms with Crippen molar-refractivity contribution in [3.8, 4) is 0 Å². The molecule has 0 amide bonds. The fourth-order valence-corrected chi connectivity index (χ4v) is 8.40. The summed E-state index contributed by atoms with van der Waals surface area (Å²) >= 11 is 0. The van der Waals surface area contributed by atoms with Crippen molar-refractivity contribution in [1.82, 2.24) is 0 Å². The van der Waals surface area contributed by atoms with E-state index < -0.39 is 7.26 Å². The number of rotatable bonds is 7. The van der Waals surface area contributed by atoms with Crippen LogP contribution in [0.3, 0.4) is 0 Å². The average Bonchev–Trinajstić information content (AvgIpc) is 2.58. The quantitative estimate of drug-likeness (QED) is 0.465. The van der Waals surface area contributed by atoms with Crippen LogP contribution in [-0.2, 0) is 0 Å². The first kappa shape index (κ1) is 21.2. The van der Waals surface area contributed by atoms with Gasteiger partial charge in [0.25, 0.3) is 0 Å². The zero-order valence-electron chi connectivity index (χ0n) is 17.8. The van der Waals surface area contributed by atoms with Crippen LogP contribution in [0.25, 0.3) is 0 Å². The van der Waals surface area contributed by atoms with Crippen LogP contribution in [0.1, 0.15) is 60.8 Å².